The molecule has 1 aromatic rings. The van der Waals surface area contributed by atoms with Gasteiger partial charge in [0.2, 0.25) is 5.91 Å². The van der Waals surface area contributed by atoms with Crippen LogP contribution in [0, 0.1) is 5.92 Å². The number of nitrogens with zero attached hydrogens (tertiary/aromatic N) is 1. The van der Waals surface area contributed by atoms with E-state index in [-0.39, 0.29) is 5.91 Å². The number of amides is 1. The van der Waals surface area contributed by atoms with Crippen LogP contribution in [0.25, 0.3) is 0 Å². The number of anilines is 2. The fourth-order valence-electron chi connectivity index (χ4n) is 2.49. The molecule has 0 saturated carbocycles. The van der Waals surface area contributed by atoms with Gasteiger partial charge in [-0.3, -0.25) is 4.79 Å². The highest BCUT2D eigenvalue weighted by atomic mass is 16.5. The lowest BCUT2D eigenvalue weighted by Gasteiger charge is -2.18. The average molecular weight is 276 g/mol. The van der Waals surface area contributed by atoms with Gasteiger partial charge in [-0.2, -0.15) is 0 Å². The van der Waals surface area contributed by atoms with E-state index in [0.717, 1.165) is 25.2 Å². The monoisotopic (exact) mass is 276 g/mol. The summed E-state index contributed by atoms with van der Waals surface area (Å²) >= 11 is 0. The van der Waals surface area contributed by atoms with Crippen molar-refractivity contribution in [2.45, 2.75) is 32.8 Å². The molecule has 1 saturated heterocycles. The molecule has 0 spiro atoms. The smallest absolute Gasteiger partial charge is 0.224 e. The van der Waals surface area contributed by atoms with Gasteiger partial charge in [0.15, 0.2) is 0 Å². The van der Waals surface area contributed by atoms with E-state index in [2.05, 4.69) is 22.3 Å². The van der Waals surface area contributed by atoms with Crippen molar-refractivity contribution in [1.82, 2.24) is 0 Å². The average Bonchev–Trinajstić information content (AvgIpc) is 2.87. The van der Waals surface area contributed by atoms with E-state index in [1.165, 1.54) is 5.69 Å². The lowest BCUT2D eigenvalue weighted by molar-refractivity contribution is -0.116. The Labute approximate surface area is 121 Å². The van der Waals surface area contributed by atoms with Crippen LogP contribution in [-0.4, -0.2) is 32.2 Å². The molecule has 1 fully saturated rings. The van der Waals surface area contributed by atoms with E-state index in [9.17, 15) is 4.79 Å². The van der Waals surface area contributed by atoms with Crippen LogP contribution in [-0.2, 0) is 9.53 Å². The normalized spacial score (nSPS) is 18.6. The number of rotatable bonds is 5. The van der Waals surface area contributed by atoms with Crippen molar-refractivity contribution < 1.29 is 9.53 Å². The standard InChI is InChI=1S/C16H24N2O2/c1-12(2)10-16(19)17-13-4-6-14(7-5-13)18-9-8-15(11-18)20-3/h4-7,12,15H,8-11H2,1-3H3,(H,17,19). The van der Waals surface area contributed by atoms with Crippen molar-refractivity contribution in [2.75, 3.05) is 30.4 Å². The Morgan fingerprint density at radius 3 is 2.65 bits per heavy atom. The van der Waals surface area contributed by atoms with Crippen LogP contribution in [0.5, 0.6) is 0 Å². The third-order valence-corrected chi connectivity index (χ3v) is 3.59. The van der Waals surface area contributed by atoms with Crippen LogP contribution in [0.15, 0.2) is 24.3 Å². The fourth-order valence-corrected chi connectivity index (χ4v) is 2.49. The second kappa shape index (κ2) is 6.75. The van der Waals surface area contributed by atoms with Crippen molar-refractivity contribution >= 4 is 17.3 Å². The van der Waals surface area contributed by atoms with Gasteiger partial charge in [0.1, 0.15) is 0 Å². The van der Waals surface area contributed by atoms with Gasteiger partial charge in [0.05, 0.1) is 6.10 Å². The van der Waals surface area contributed by atoms with Crippen molar-refractivity contribution in [3.05, 3.63) is 24.3 Å². The zero-order valence-electron chi connectivity index (χ0n) is 12.6. The SMILES string of the molecule is COC1CCN(c2ccc(NC(=O)CC(C)C)cc2)C1. The minimum Gasteiger partial charge on any atom is -0.380 e. The molecule has 110 valence electrons. The summed E-state index contributed by atoms with van der Waals surface area (Å²) in [5.41, 5.74) is 2.05. The number of ether oxygens (including phenoxy) is 1. The number of benzene rings is 1. The molecule has 1 aromatic carbocycles. The van der Waals surface area contributed by atoms with Gasteiger partial charge in [-0.1, -0.05) is 13.8 Å². The van der Waals surface area contributed by atoms with Crippen molar-refractivity contribution in [2.24, 2.45) is 5.92 Å². The van der Waals surface area contributed by atoms with Crippen molar-refractivity contribution in [1.29, 1.82) is 0 Å². The van der Waals surface area contributed by atoms with Crippen LogP contribution in [0.4, 0.5) is 11.4 Å². The molecule has 4 heteroatoms. The number of hydrogen-bond acceptors (Lipinski definition) is 3. The van der Waals surface area contributed by atoms with Gasteiger partial charge in [-0.15, -0.1) is 0 Å². The van der Waals surface area contributed by atoms with Gasteiger partial charge >= 0.3 is 0 Å². The van der Waals surface area contributed by atoms with Crippen LogP contribution in [0.1, 0.15) is 26.7 Å². The topological polar surface area (TPSA) is 41.6 Å². The predicted octanol–water partition coefficient (Wildman–Crippen LogP) is 2.90. The first kappa shape index (κ1) is 14.9. The van der Waals surface area contributed by atoms with Gasteiger partial charge in [0, 0.05) is 38.0 Å². The summed E-state index contributed by atoms with van der Waals surface area (Å²) in [6, 6.07) is 8.05. The third kappa shape index (κ3) is 3.97. The van der Waals surface area contributed by atoms with Gasteiger partial charge in [-0.25, -0.2) is 0 Å². The van der Waals surface area contributed by atoms with Gasteiger partial charge < -0.3 is 15.0 Å². The molecule has 4 nitrogen and oxygen atoms in total. The molecule has 1 N–H and O–H groups in total. The summed E-state index contributed by atoms with van der Waals surface area (Å²) in [5.74, 6) is 0.457. The summed E-state index contributed by atoms with van der Waals surface area (Å²) in [6.45, 7) is 6.05. The molecule has 1 heterocycles. The van der Waals surface area contributed by atoms with E-state index < -0.39 is 0 Å². The summed E-state index contributed by atoms with van der Waals surface area (Å²) in [7, 11) is 1.77. The number of carbonyl (C=O) groups excluding carboxylic acids is 1. The molecule has 0 aromatic heterocycles. The van der Waals surface area contributed by atoms with Crippen LogP contribution in [0.2, 0.25) is 0 Å². The molecule has 0 aliphatic carbocycles. The molecule has 0 radical (unpaired) electrons. The first-order chi connectivity index (χ1) is 9.58. The summed E-state index contributed by atoms with van der Waals surface area (Å²) < 4.78 is 5.38. The maximum atomic E-state index is 11.7. The molecule has 1 atom stereocenters. The fraction of sp³-hybridized carbons (Fsp3) is 0.562. The molecule has 1 aliphatic rings. The summed E-state index contributed by atoms with van der Waals surface area (Å²) in [5, 5.41) is 2.93. The van der Waals surface area contributed by atoms with E-state index in [0.29, 0.717) is 18.4 Å². The highest BCUT2D eigenvalue weighted by Gasteiger charge is 2.22. The maximum Gasteiger partial charge on any atom is 0.224 e. The number of hydrogen-bond donors (Lipinski definition) is 1. The van der Waals surface area contributed by atoms with Crippen molar-refractivity contribution in [3.8, 4) is 0 Å². The predicted molar refractivity (Wildman–Crippen MR) is 82.2 cm³/mol. The molecule has 20 heavy (non-hydrogen) atoms. The molecule has 2 rings (SSSR count). The number of methoxy groups -OCH3 is 1. The molecular formula is C16H24N2O2. The Balaban J connectivity index is 1.91. The number of nitrogens with one attached hydrogen (secondary N) is 1. The Morgan fingerprint density at radius 1 is 1.40 bits per heavy atom. The zero-order chi connectivity index (χ0) is 14.5. The molecule has 1 aliphatic heterocycles. The van der Waals surface area contributed by atoms with Gasteiger partial charge in [-0.05, 0) is 36.6 Å². The molecular weight excluding hydrogens is 252 g/mol. The van der Waals surface area contributed by atoms with E-state index >= 15 is 0 Å². The third-order valence-electron chi connectivity index (χ3n) is 3.59. The summed E-state index contributed by atoms with van der Waals surface area (Å²) in [4.78, 5) is 14.0. The minimum atomic E-state index is 0.0772. The Bertz CT molecular complexity index is 442. The summed E-state index contributed by atoms with van der Waals surface area (Å²) in [6.07, 6.45) is 1.97. The van der Waals surface area contributed by atoms with E-state index in [1.807, 2.05) is 26.0 Å². The maximum absolute atomic E-state index is 11.7. The largest absolute Gasteiger partial charge is 0.380 e. The second-order valence-electron chi connectivity index (χ2n) is 5.79. The lowest BCUT2D eigenvalue weighted by atomic mass is 10.1. The first-order valence-corrected chi connectivity index (χ1v) is 7.26. The molecule has 0 bridgehead atoms. The molecule has 1 unspecified atom stereocenters. The van der Waals surface area contributed by atoms with Crippen LogP contribution >= 0.6 is 0 Å². The second-order valence-corrected chi connectivity index (χ2v) is 5.79. The van der Waals surface area contributed by atoms with E-state index in [4.69, 9.17) is 4.74 Å². The zero-order valence-corrected chi connectivity index (χ0v) is 12.6. The first-order valence-electron chi connectivity index (χ1n) is 7.26. The van der Waals surface area contributed by atoms with Crippen LogP contribution in [0.3, 0.4) is 0 Å². The van der Waals surface area contributed by atoms with Gasteiger partial charge in [0.25, 0.3) is 0 Å². The highest BCUT2D eigenvalue weighted by Crippen LogP contribution is 2.23. The highest BCUT2D eigenvalue weighted by molar-refractivity contribution is 5.91. The van der Waals surface area contributed by atoms with E-state index in [1.54, 1.807) is 7.11 Å². The Morgan fingerprint density at radius 2 is 2.10 bits per heavy atom. The van der Waals surface area contributed by atoms with Crippen molar-refractivity contribution in [3.63, 3.8) is 0 Å². The Hall–Kier alpha value is -1.55. The lowest BCUT2D eigenvalue weighted by Crippen LogP contribution is -2.22. The quantitative estimate of drug-likeness (QED) is 0.899. The minimum absolute atomic E-state index is 0.0772. The molecule has 1 amide bonds. The number of carbonyl (C=O) groups is 1. The van der Waals surface area contributed by atoms with Crippen LogP contribution < -0.4 is 10.2 Å². The Kier molecular flexibility index (Phi) is 5.01.